The van der Waals surface area contributed by atoms with Crippen LogP contribution in [0.2, 0.25) is 0 Å². The largest absolute Gasteiger partial charge is 0.335 e. The van der Waals surface area contributed by atoms with Crippen molar-refractivity contribution in [2.75, 3.05) is 6.54 Å². The van der Waals surface area contributed by atoms with Gasteiger partial charge >= 0.3 is 11.2 Å². The van der Waals surface area contributed by atoms with Crippen molar-refractivity contribution in [1.29, 1.82) is 0 Å². The molecule has 0 spiro atoms. The van der Waals surface area contributed by atoms with E-state index >= 15 is 0 Å². The third kappa shape index (κ3) is 2.87. The summed E-state index contributed by atoms with van der Waals surface area (Å²) in [5.41, 5.74) is 4.27. The van der Waals surface area contributed by atoms with Gasteiger partial charge in [-0.2, -0.15) is 0 Å². The fourth-order valence-electron chi connectivity index (χ4n) is 1.14. The molecule has 6 nitrogen and oxygen atoms in total. The minimum Gasteiger partial charge on any atom is -0.330 e. The van der Waals surface area contributed by atoms with Gasteiger partial charge < -0.3 is 10.3 Å². The molecular formula is C8H10BrN3O3. The van der Waals surface area contributed by atoms with Crippen LogP contribution in [0.25, 0.3) is 0 Å². The number of nitrogens with zero attached hydrogens (tertiary/aromatic N) is 2. The highest BCUT2D eigenvalue weighted by Crippen LogP contribution is 2.13. The number of nitrogens with two attached hydrogens (primary N) is 1. The summed E-state index contributed by atoms with van der Waals surface area (Å²) in [5.74, 6) is 0. The van der Waals surface area contributed by atoms with Gasteiger partial charge in [0.25, 0.3) is 0 Å². The molecule has 0 saturated heterocycles. The Balaban J connectivity index is 3.17. The number of pyridine rings is 1. The molecule has 0 aliphatic heterocycles. The maximum Gasteiger partial charge on any atom is 0.335 e. The van der Waals surface area contributed by atoms with E-state index in [4.69, 9.17) is 5.73 Å². The van der Waals surface area contributed by atoms with Gasteiger partial charge in [-0.25, -0.2) is 0 Å². The van der Waals surface area contributed by atoms with Gasteiger partial charge in [0.1, 0.15) is 0 Å². The lowest BCUT2D eigenvalue weighted by molar-refractivity contribution is -0.386. The van der Waals surface area contributed by atoms with Crippen molar-refractivity contribution in [2.24, 2.45) is 5.73 Å². The van der Waals surface area contributed by atoms with Crippen LogP contribution in [-0.4, -0.2) is 16.0 Å². The number of hydrogen-bond donors (Lipinski definition) is 1. The molecule has 1 aromatic rings. The van der Waals surface area contributed by atoms with E-state index in [0.29, 0.717) is 24.0 Å². The summed E-state index contributed by atoms with van der Waals surface area (Å²) in [6.07, 6.45) is 2.12. The van der Waals surface area contributed by atoms with E-state index < -0.39 is 16.2 Å². The van der Waals surface area contributed by atoms with Crippen molar-refractivity contribution < 1.29 is 4.92 Å². The van der Waals surface area contributed by atoms with Crippen LogP contribution in [0, 0.1) is 10.1 Å². The quantitative estimate of drug-likeness (QED) is 0.652. The molecule has 0 fully saturated rings. The molecule has 0 radical (unpaired) electrons. The molecular weight excluding hydrogens is 266 g/mol. The average molecular weight is 276 g/mol. The predicted molar refractivity (Wildman–Crippen MR) is 58.7 cm³/mol. The third-order valence-corrected chi connectivity index (χ3v) is 2.27. The van der Waals surface area contributed by atoms with E-state index in [0.717, 1.165) is 0 Å². The van der Waals surface area contributed by atoms with Crippen LogP contribution in [0.1, 0.15) is 6.42 Å². The maximum atomic E-state index is 11.5. The molecule has 0 saturated carbocycles. The zero-order valence-corrected chi connectivity index (χ0v) is 9.44. The SMILES string of the molecule is NCCCn1cc(Br)cc([N+](=O)[O-])c1=O. The Hall–Kier alpha value is -1.21. The van der Waals surface area contributed by atoms with Crippen LogP contribution >= 0.6 is 15.9 Å². The van der Waals surface area contributed by atoms with Crippen molar-refractivity contribution in [3.05, 3.63) is 37.2 Å². The lowest BCUT2D eigenvalue weighted by atomic mass is 10.3. The van der Waals surface area contributed by atoms with E-state index in [2.05, 4.69) is 15.9 Å². The van der Waals surface area contributed by atoms with Gasteiger partial charge in [-0.1, -0.05) is 0 Å². The molecule has 0 aliphatic carbocycles. The monoisotopic (exact) mass is 275 g/mol. The zero-order chi connectivity index (χ0) is 11.4. The van der Waals surface area contributed by atoms with Crippen molar-refractivity contribution in [2.45, 2.75) is 13.0 Å². The Morgan fingerprint density at radius 3 is 2.80 bits per heavy atom. The lowest BCUT2D eigenvalue weighted by Gasteiger charge is -2.04. The maximum absolute atomic E-state index is 11.5. The van der Waals surface area contributed by atoms with Crippen LogP contribution in [-0.2, 0) is 6.54 Å². The number of aromatic nitrogens is 1. The molecule has 0 aromatic carbocycles. The Kier molecular flexibility index (Phi) is 3.98. The van der Waals surface area contributed by atoms with Gasteiger partial charge in [-0.15, -0.1) is 0 Å². The van der Waals surface area contributed by atoms with Crippen LogP contribution < -0.4 is 11.3 Å². The van der Waals surface area contributed by atoms with Crippen LogP contribution in [0.5, 0.6) is 0 Å². The van der Waals surface area contributed by atoms with Crippen LogP contribution in [0.3, 0.4) is 0 Å². The molecule has 15 heavy (non-hydrogen) atoms. The van der Waals surface area contributed by atoms with Crippen LogP contribution in [0.4, 0.5) is 5.69 Å². The topological polar surface area (TPSA) is 91.2 Å². The smallest absolute Gasteiger partial charge is 0.330 e. The van der Waals surface area contributed by atoms with Gasteiger partial charge in [0, 0.05) is 23.3 Å². The van der Waals surface area contributed by atoms with Crippen LogP contribution in [0.15, 0.2) is 21.5 Å². The summed E-state index contributed by atoms with van der Waals surface area (Å²) in [4.78, 5) is 21.4. The first-order valence-electron chi connectivity index (χ1n) is 4.30. The lowest BCUT2D eigenvalue weighted by Crippen LogP contribution is -2.23. The summed E-state index contributed by atoms with van der Waals surface area (Å²) < 4.78 is 1.79. The molecule has 1 rings (SSSR count). The number of rotatable bonds is 4. The van der Waals surface area contributed by atoms with Gasteiger partial charge in [-0.05, 0) is 28.9 Å². The Morgan fingerprint density at radius 2 is 2.27 bits per heavy atom. The molecule has 0 atom stereocenters. The molecule has 1 aromatic heterocycles. The Morgan fingerprint density at radius 1 is 1.60 bits per heavy atom. The van der Waals surface area contributed by atoms with Gasteiger partial charge in [0.15, 0.2) is 0 Å². The average Bonchev–Trinajstić information content (AvgIpc) is 2.18. The molecule has 1 heterocycles. The first-order chi connectivity index (χ1) is 7.06. The summed E-state index contributed by atoms with van der Waals surface area (Å²) in [6, 6.07) is 1.20. The van der Waals surface area contributed by atoms with E-state index in [1.54, 1.807) is 0 Å². The van der Waals surface area contributed by atoms with Gasteiger partial charge in [0.2, 0.25) is 0 Å². The third-order valence-electron chi connectivity index (χ3n) is 1.83. The summed E-state index contributed by atoms with van der Waals surface area (Å²) in [7, 11) is 0. The standard InChI is InChI=1S/C8H10BrN3O3/c9-6-4-7(12(14)15)8(13)11(5-6)3-1-2-10/h4-5H,1-3,10H2. The normalized spacial score (nSPS) is 10.3. The first-order valence-corrected chi connectivity index (χ1v) is 5.10. The molecule has 7 heteroatoms. The van der Waals surface area contributed by atoms with E-state index in [1.807, 2.05) is 0 Å². The molecule has 0 bridgehead atoms. The molecule has 0 unspecified atom stereocenters. The summed E-state index contributed by atoms with van der Waals surface area (Å²) >= 11 is 3.11. The summed E-state index contributed by atoms with van der Waals surface area (Å²) in [5, 5.41) is 10.5. The summed E-state index contributed by atoms with van der Waals surface area (Å²) in [6.45, 7) is 0.822. The minimum absolute atomic E-state index is 0.385. The fourth-order valence-corrected chi connectivity index (χ4v) is 1.61. The van der Waals surface area contributed by atoms with E-state index in [-0.39, 0.29) is 0 Å². The number of hydrogen-bond acceptors (Lipinski definition) is 4. The predicted octanol–water partition coefficient (Wildman–Crippen LogP) is 0.868. The Labute approximate surface area is 94.0 Å². The number of halogens is 1. The Bertz CT molecular complexity index is 430. The second-order valence-electron chi connectivity index (χ2n) is 2.94. The van der Waals surface area contributed by atoms with Gasteiger partial charge in [-0.3, -0.25) is 14.9 Å². The fraction of sp³-hybridized carbons (Fsp3) is 0.375. The highest BCUT2D eigenvalue weighted by atomic mass is 79.9. The number of nitro groups is 1. The van der Waals surface area contributed by atoms with Crippen molar-refractivity contribution >= 4 is 21.6 Å². The second kappa shape index (κ2) is 5.04. The van der Waals surface area contributed by atoms with E-state index in [1.165, 1.54) is 16.8 Å². The van der Waals surface area contributed by atoms with Gasteiger partial charge in [0.05, 0.1) is 4.92 Å². The molecule has 0 amide bonds. The van der Waals surface area contributed by atoms with Crippen molar-refractivity contribution in [3.63, 3.8) is 0 Å². The first kappa shape index (κ1) is 11.9. The highest BCUT2D eigenvalue weighted by molar-refractivity contribution is 9.10. The zero-order valence-electron chi connectivity index (χ0n) is 7.85. The molecule has 0 aliphatic rings. The number of aryl methyl sites for hydroxylation is 1. The minimum atomic E-state index is -0.688. The highest BCUT2D eigenvalue weighted by Gasteiger charge is 2.15. The molecule has 82 valence electrons. The molecule has 2 N–H and O–H groups in total. The second-order valence-corrected chi connectivity index (χ2v) is 3.86. The van der Waals surface area contributed by atoms with Crippen molar-refractivity contribution in [1.82, 2.24) is 4.57 Å². The van der Waals surface area contributed by atoms with Crippen molar-refractivity contribution in [3.8, 4) is 0 Å². The van der Waals surface area contributed by atoms with E-state index in [9.17, 15) is 14.9 Å².